The van der Waals surface area contributed by atoms with Gasteiger partial charge in [-0.05, 0) is 26.8 Å². The number of rotatable bonds is 6. The topological polar surface area (TPSA) is 62.4 Å². The molecule has 0 aromatic carbocycles. The number of carbonyl (C=O) groups excluding carboxylic acids is 1. The Hall–Kier alpha value is -0.650. The Balaban J connectivity index is 2.27. The smallest absolute Gasteiger partial charge is 0.236 e. The van der Waals surface area contributed by atoms with Crippen molar-refractivity contribution < 1.29 is 9.53 Å². The van der Waals surface area contributed by atoms with Crippen molar-refractivity contribution in [3.63, 3.8) is 0 Å². The normalized spacial score (nSPS) is 26.7. The summed E-state index contributed by atoms with van der Waals surface area (Å²) in [6.45, 7) is 7.09. The molecule has 1 heterocycles. The Morgan fingerprint density at radius 3 is 2.94 bits per heavy atom. The molecule has 0 aromatic rings. The zero-order chi connectivity index (χ0) is 12.0. The second-order valence-corrected chi connectivity index (χ2v) is 4.64. The van der Waals surface area contributed by atoms with Gasteiger partial charge in [0, 0.05) is 25.7 Å². The van der Waals surface area contributed by atoms with Gasteiger partial charge >= 0.3 is 0 Å². The molecule has 94 valence electrons. The van der Waals surface area contributed by atoms with E-state index in [1.54, 1.807) is 7.11 Å². The fourth-order valence-electron chi connectivity index (χ4n) is 1.96. The van der Waals surface area contributed by atoms with Gasteiger partial charge in [-0.2, -0.15) is 0 Å². The van der Waals surface area contributed by atoms with Gasteiger partial charge < -0.3 is 15.4 Å². The van der Waals surface area contributed by atoms with Gasteiger partial charge in [0.05, 0.1) is 12.6 Å². The van der Waals surface area contributed by atoms with Crippen LogP contribution in [-0.2, 0) is 9.53 Å². The fraction of sp³-hybridized carbons (Fsp3) is 0.909. The minimum Gasteiger partial charge on any atom is -0.383 e. The number of nitrogens with one attached hydrogen (secondary N) is 3. The van der Waals surface area contributed by atoms with E-state index in [0.717, 1.165) is 19.5 Å². The summed E-state index contributed by atoms with van der Waals surface area (Å²) in [4.78, 5) is 11.7. The summed E-state index contributed by atoms with van der Waals surface area (Å²) < 4.78 is 4.88. The van der Waals surface area contributed by atoms with E-state index in [1.807, 2.05) is 6.92 Å². The molecule has 1 fully saturated rings. The van der Waals surface area contributed by atoms with Gasteiger partial charge in [0.15, 0.2) is 0 Å². The molecule has 0 radical (unpaired) electrons. The van der Waals surface area contributed by atoms with Crippen LogP contribution in [0.3, 0.4) is 0 Å². The molecule has 16 heavy (non-hydrogen) atoms. The van der Waals surface area contributed by atoms with Gasteiger partial charge in [0.25, 0.3) is 0 Å². The largest absolute Gasteiger partial charge is 0.383 e. The van der Waals surface area contributed by atoms with Crippen molar-refractivity contribution in [2.75, 3.05) is 33.4 Å². The lowest BCUT2D eigenvalue weighted by Gasteiger charge is -2.28. The van der Waals surface area contributed by atoms with E-state index in [9.17, 15) is 4.79 Å². The first kappa shape index (κ1) is 13.4. The van der Waals surface area contributed by atoms with Crippen LogP contribution in [0.1, 0.15) is 20.3 Å². The minimum atomic E-state index is -0.165. The second-order valence-electron chi connectivity index (χ2n) is 4.64. The molecule has 5 heteroatoms. The molecule has 0 bridgehead atoms. The third-order valence-corrected chi connectivity index (χ3v) is 2.93. The summed E-state index contributed by atoms with van der Waals surface area (Å²) in [5.41, 5.74) is 0.0397. The Morgan fingerprint density at radius 1 is 1.62 bits per heavy atom. The molecule has 1 aliphatic heterocycles. The van der Waals surface area contributed by atoms with Gasteiger partial charge in [0.2, 0.25) is 5.91 Å². The van der Waals surface area contributed by atoms with E-state index in [-0.39, 0.29) is 17.5 Å². The first-order chi connectivity index (χ1) is 7.57. The van der Waals surface area contributed by atoms with Crippen molar-refractivity contribution in [3.8, 4) is 0 Å². The molecule has 1 amide bonds. The predicted octanol–water partition coefficient (Wildman–Crippen LogP) is -0.521. The first-order valence-electron chi connectivity index (χ1n) is 5.82. The average molecular weight is 229 g/mol. The molecule has 1 saturated heterocycles. The Bertz CT molecular complexity index is 227. The van der Waals surface area contributed by atoms with Crippen LogP contribution in [0.5, 0.6) is 0 Å². The number of methoxy groups -OCH3 is 1. The SMILES string of the molecule is COCCNC(=O)C(C)NC1(C)CCNC1. The van der Waals surface area contributed by atoms with E-state index in [4.69, 9.17) is 4.74 Å². The van der Waals surface area contributed by atoms with Crippen molar-refractivity contribution in [2.24, 2.45) is 0 Å². The van der Waals surface area contributed by atoms with E-state index in [1.165, 1.54) is 0 Å². The standard InChI is InChI=1S/C11H23N3O2/c1-9(10(15)13-6-7-16-3)14-11(2)4-5-12-8-11/h9,12,14H,4-8H2,1-3H3,(H,13,15). The summed E-state index contributed by atoms with van der Waals surface area (Å²) in [6, 6.07) is -0.165. The van der Waals surface area contributed by atoms with Crippen molar-refractivity contribution in [2.45, 2.75) is 31.8 Å². The predicted molar refractivity (Wildman–Crippen MR) is 63.4 cm³/mol. The van der Waals surface area contributed by atoms with Gasteiger partial charge in [0.1, 0.15) is 0 Å². The Labute approximate surface area is 97.3 Å². The Morgan fingerprint density at radius 2 is 2.38 bits per heavy atom. The highest BCUT2D eigenvalue weighted by atomic mass is 16.5. The molecule has 3 N–H and O–H groups in total. The fourth-order valence-corrected chi connectivity index (χ4v) is 1.96. The minimum absolute atomic E-state index is 0.0326. The van der Waals surface area contributed by atoms with Crippen LogP contribution >= 0.6 is 0 Å². The molecule has 0 aliphatic carbocycles. The lowest BCUT2D eigenvalue weighted by molar-refractivity contribution is -0.123. The average Bonchev–Trinajstić information content (AvgIpc) is 2.65. The van der Waals surface area contributed by atoms with Crippen LogP contribution in [-0.4, -0.2) is 50.8 Å². The lowest BCUT2D eigenvalue weighted by atomic mass is 10.0. The van der Waals surface area contributed by atoms with Crippen molar-refractivity contribution in [3.05, 3.63) is 0 Å². The number of carbonyl (C=O) groups is 1. The van der Waals surface area contributed by atoms with Crippen LogP contribution in [0.2, 0.25) is 0 Å². The van der Waals surface area contributed by atoms with E-state index in [2.05, 4.69) is 22.9 Å². The van der Waals surface area contributed by atoms with E-state index >= 15 is 0 Å². The van der Waals surface area contributed by atoms with Crippen LogP contribution in [0.4, 0.5) is 0 Å². The maximum atomic E-state index is 11.7. The van der Waals surface area contributed by atoms with Crippen LogP contribution in [0.25, 0.3) is 0 Å². The summed E-state index contributed by atoms with van der Waals surface area (Å²) in [7, 11) is 1.62. The molecule has 0 spiro atoms. The summed E-state index contributed by atoms with van der Waals surface area (Å²) in [6.07, 6.45) is 1.06. The van der Waals surface area contributed by atoms with Gasteiger partial charge in [-0.15, -0.1) is 0 Å². The number of ether oxygens (including phenoxy) is 1. The van der Waals surface area contributed by atoms with Crippen molar-refractivity contribution >= 4 is 5.91 Å². The number of amides is 1. The van der Waals surface area contributed by atoms with E-state index in [0.29, 0.717) is 13.2 Å². The van der Waals surface area contributed by atoms with Crippen molar-refractivity contribution in [1.29, 1.82) is 0 Å². The maximum absolute atomic E-state index is 11.7. The zero-order valence-corrected chi connectivity index (χ0v) is 10.4. The van der Waals surface area contributed by atoms with Gasteiger partial charge in [-0.3, -0.25) is 10.1 Å². The molecule has 1 rings (SSSR count). The third-order valence-electron chi connectivity index (χ3n) is 2.93. The van der Waals surface area contributed by atoms with Crippen LogP contribution < -0.4 is 16.0 Å². The molecular formula is C11H23N3O2. The summed E-state index contributed by atoms with van der Waals surface area (Å²) >= 11 is 0. The van der Waals surface area contributed by atoms with E-state index < -0.39 is 0 Å². The highest BCUT2D eigenvalue weighted by Gasteiger charge is 2.31. The highest BCUT2D eigenvalue weighted by Crippen LogP contribution is 2.13. The Kier molecular flexibility index (Phi) is 5.18. The molecular weight excluding hydrogens is 206 g/mol. The van der Waals surface area contributed by atoms with Gasteiger partial charge in [-0.25, -0.2) is 0 Å². The molecule has 5 nitrogen and oxygen atoms in total. The van der Waals surface area contributed by atoms with Gasteiger partial charge in [-0.1, -0.05) is 0 Å². The van der Waals surface area contributed by atoms with Crippen LogP contribution in [0, 0.1) is 0 Å². The zero-order valence-electron chi connectivity index (χ0n) is 10.4. The molecule has 2 unspecified atom stereocenters. The highest BCUT2D eigenvalue weighted by molar-refractivity contribution is 5.81. The molecule has 0 saturated carbocycles. The quantitative estimate of drug-likeness (QED) is 0.536. The number of hydrogen-bond acceptors (Lipinski definition) is 4. The molecule has 1 aliphatic rings. The third kappa shape index (κ3) is 4.08. The second kappa shape index (κ2) is 6.18. The monoisotopic (exact) mass is 229 g/mol. The molecule has 2 atom stereocenters. The number of hydrogen-bond donors (Lipinski definition) is 3. The maximum Gasteiger partial charge on any atom is 0.236 e. The molecule has 0 aromatic heterocycles. The summed E-state index contributed by atoms with van der Waals surface area (Å²) in [5, 5.41) is 9.49. The first-order valence-corrected chi connectivity index (χ1v) is 5.82. The van der Waals surface area contributed by atoms with Crippen molar-refractivity contribution in [1.82, 2.24) is 16.0 Å². The lowest BCUT2D eigenvalue weighted by Crippen LogP contribution is -2.54. The summed E-state index contributed by atoms with van der Waals surface area (Å²) in [5.74, 6) is 0.0326. The van der Waals surface area contributed by atoms with Crippen LogP contribution in [0.15, 0.2) is 0 Å².